The Morgan fingerprint density at radius 2 is 2.05 bits per heavy atom. The molecule has 2 aromatic rings. The molecule has 0 aliphatic rings. The monoisotopic (exact) mass is 273 g/mol. The van der Waals surface area contributed by atoms with Crippen molar-refractivity contribution in [3.63, 3.8) is 0 Å². The van der Waals surface area contributed by atoms with Gasteiger partial charge in [0.25, 0.3) is 5.91 Å². The molecule has 5 heteroatoms. The Balaban J connectivity index is 2.00. The number of amides is 1. The van der Waals surface area contributed by atoms with Crippen LogP contribution in [0.5, 0.6) is 5.75 Å². The summed E-state index contributed by atoms with van der Waals surface area (Å²) in [5, 5.41) is 7.17. The SMILES string of the molecule is CCn1nc(C)cc1C(=O)NCc1ccc(OC)cc1. The van der Waals surface area contributed by atoms with Crippen molar-refractivity contribution in [3.05, 3.63) is 47.3 Å². The normalized spacial score (nSPS) is 10.3. The Hall–Kier alpha value is -2.30. The van der Waals surface area contributed by atoms with Gasteiger partial charge in [0.05, 0.1) is 12.8 Å². The van der Waals surface area contributed by atoms with Crippen molar-refractivity contribution in [2.24, 2.45) is 0 Å². The van der Waals surface area contributed by atoms with Gasteiger partial charge in [-0.05, 0) is 37.6 Å². The first-order chi connectivity index (χ1) is 9.63. The smallest absolute Gasteiger partial charge is 0.269 e. The minimum Gasteiger partial charge on any atom is -0.497 e. The number of nitrogens with zero attached hydrogens (tertiary/aromatic N) is 2. The molecule has 0 bridgehead atoms. The predicted molar refractivity (Wildman–Crippen MR) is 76.8 cm³/mol. The van der Waals surface area contributed by atoms with Gasteiger partial charge in [-0.3, -0.25) is 9.48 Å². The van der Waals surface area contributed by atoms with Crippen LogP contribution in [-0.2, 0) is 13.1 Å². The third-order valence-corrected chi connectivity index (χ3v) is 3.05. The highest BCUT2D eigenvalue weighted by Crippen LogP contribution is 2.11. The van der Waals surface area contributed by atoms with E-state index in [-0.39, 0.29) is 5.91 Å². The van der Waals surface area contributed by atoms with Crippen LogP contribution < -0.4 is 10.1 Å². The number of carbonyl (C=O) groups excluding carboxylic acids is 1. The van der Waals surface area contributed by atoms with E-state index in [0.717, 1.165) is 17.0 Å². The van der Waals surface area contributed by atoms with Crippen molar-refractivity contribution >= 4 is 5.91 Å². The number of ether oxygens (including phenoxy) is 1. The Morgan fingerprint density at radius 1 is 1.35 bits per heavy atom. The molecule has 1 N–H and O–H groups in total. The second kappa shape index (κ2) is 6.23. The van der Waals surface area contributed by atoms with E-state index in [4.69, 9.17) is 4.74 Å². The lowest BCUT2D eigenvalue weighted by Gasteiger charge is -2.07. The summed E-state index contributed by atoms with van der Waals surface area (Å²) in [7, 11) is 1.63. The van der Waals surface area contributed by atoms with Crippen LogP contribution in [0.2, 0.25) is 0 Å². The van der Waals surface area contributed by atoms with E-state index in [2.05, 4.69) is 10.4 Å². The number of methoxy groups -OCH3 is 1. The molecule has 2 rings (SSSR count). The molecule has 0 aliphatic heterocycles. The molecule has 1 aromatic carbocycles. The maximum Gasteiger partial charge on any atom is 0.269 e. The Labute approximate surface area is 118 Å². The van der Waals surface area contributed by atoms with Gasteiger partial charge in [-0.2, -0.15) is 5.10 Å². The summed E-state index contributed by atoms with van der Waals surface area (Å²) in [6.45, 7) is 5.01. The van der Waals surface area contributed by atoms with E-state index in [1.807, 2.05) is 38.1 Å². The molecule has 0 radical (unpaired) electrons. The quantitative estimate of drug-likeness (QED) is 0.908. The van der Waals surface area contributed by atoms with Gasteiger partial charge < -0.3 is 10.1 Å². The van der Waals surface area contributed by atoms with Gasteiger partial charge in [-0.15, -0.1) is 0 Å². The fraction of sp³-hybridized carbons (Fsp3) is 0.333. The largest absolute Gasteiger partial charge is 0.497 e. The molecule has 0 aliphatic carbocycles. The summed E-state index contributed by atoms with van der Waals surface area (Å²) in [4.78, 5) is 12.1. The fourth-order valence-corrected chi connectivity index (χ4v) is 1.99. The number of hydrogen-bond acceptors (Lipinski definition) is 3. The number of aryl methyl sites for hydroxylation is 2. The molecule has 1 aromatic heterocycles. The molecule has 0 atom stereocenters. The molecule has 1 amide bonds. The van der Waals surface area contributed by atoms with Gasteiger partial charge in [-0.25, -0.2) is 0 Å². The summed E-state index contributed by atoms with van der Waals surface area (Å²) < 4.78 is 6.81. The lowest BCUT2D eigenvalue weighted by Crippen LogP contribution is -2.25. The first-order valence-electron chi connectivity index (χ1n) is 6.59. The third kappa shape index (κ3) is 3.17. The van der Waals surface area contributed by atoms with Crippen LogP contribution in [0.4, 0.5) is 0 Å². The average Bonchev–Trinajstić information content (AvgIpc) is 2.86. The van der Waals surface area contributed by atoms with Crippen LogP contribution in [0.15, 0.2) is 30.3 Å². The zero-order valence-electron chi connectivity index (χ0n) is 12.0. The van der Waals surface area contributed by atoms with E-state index in [0.29, 0.717) is 18.8 Å². The van der Waals surface area contributed by atoms with E-state index in [1.165, 1.54) is 0 Å². The molecular weight excluding hydrogens is 254 g/mol. The summed E-state index contributed by atoms with van der Waals surface area (Å²) >= 11 is 0. The Morgan fingerprint density at radius 3 is 2.65 bits per heavy atom. The summed E-state index contributed by atoms with van der Waals surface area (Å²) in [5.41, 5.74) is 2.47. The van der Waals surface area contributed by atoms with Crippen molar-refractivity contribution < 1.29 is 9.53 Å². The minimum absolute atomic E-state index is 0.108. The second-order valence-corrected chi connectivity index (χ2v) is 4.52. The number of aromatic nitrogens is 2. The predicted octanol–water partition coefficient (Wildman–Crippen LogP) is 2.15. The van der Waals surface area contributed by atoms with Crippen LogP contribution in [-0.4, -0.2) is 22.8 Å². The van der Waals surface area contributed by atoms with Gasteiger partial charge in [0.1, 0.15) is 11.4 Å². The summed E-state index contributed by atoms with van der Waals surface area (Å²) in [6, 6.07) is 9.42. The molecule has 1 heterocycles. The van der Waals surface area contributed by atoms with E-state index < -0.39 is 0 Å². The van der Waals surface area contributed by atoms with Crippen molar-refractivity contribution in [1.82, 2.24) is 15.1 Å². The lowest BCUT2D eigenvalue weighted by molar-refractivity contribution is 0.0940. The standard InChI is InChI=1S/C15H19N3O2/c1-4-18-14(9-11(2)17-18)15(19)16-10-12-5-7-13(20-3)8-6-12/h5-9H,4,10H2,1-3H3,(H,16,19). The van der Waals surface area contributed by atoms with Gasteiger partial charge in [-0.1, -0.05) is 12.1 Å². The number of carbonyl (C=O) groups is 1. The molecule has 0 spiro atoms. The minimum atomic E-state index is -0.108. The van der Waals surface area contributed by atoms with Crippen molar-refractivity contribution in [2.45, 2.75) is 26.9 Å². The number of nitrogens with one attached hydrogen (secondary N) is 1. The zero-order chi connectivity index (χ0) is 14.5. The Bertz CT molecular complexity index is 588. The molecule has 0 saturated carbocycles. The first kappa shape index (κ1) is 14.1. The highest BCUT2D eigenvalue weighted by atomic mass is 16.5. The van der Waals surface area contributed by atoms with Crippen molar-refractivity contribution in [2.75, 3.05) is 7.11 Å². The van der Waals surface area contributed by atoms with Crippen LogP contribution >= 0.6 is 0 Å². The van der Waals surface area contributed by atoms with Gasteiger partial charge in [0, 0.05) is 13.1 Å². The maximum atomic E-state index is 12.1. The molecular formula is C15H19N3O2. The van der Waals surface area contributed by atoms with Crippen molar-refractivity contribution in [3.8, 4) is 5.75 Å². The number of rotatable bonds is 5. The summed E-state index contributed by atoms with van der Waals surface area (Å²) in [5.74, 6) is 0.697. The van der Waals surface area contributed by atoms with Crippen LogP contribution in [0, 0.1) is 6.92 Å². The number of hydrogen-bond donors (Lipinski definition) is 1. The van der Waals surface area contributed by atoms with Crippen LogP contribution in [0.3, 0.4) is 0 Å². The maximum absolute atomic E-state index is 12.1. The van der Waals surface area contributed by atoms with E-state index in [1.54, 1.807) is 17.9 Å². The van der Waals surface area contributed by atoms with Crippen molar-refractivity contribution in [1.29, 1.82) is 0 Å². The topological polar surface area (TPSA) is 56.2 Å². The highest BCUT2D eigenvalue weighted by molar-refractivity contribution is 5.92. The summed E-state index contributed by atoms with van der Waals surface area (Å²) in [6.07, 6.45) is 0. The molecule has 106 valence electrons. The lowest BCUT2D eigenvalue weighted by atomic mass is 10.2. The highest BCUT2D eigenvalue weighted by Gasteiger charge is 2.12. The first-order valence-corrected chi connectivity index (χ1v) is 6.59. The van der Waals surface area contributed by atoms with E-state index in [9.17, 15) is 4.79 Å². The molecule has 20 heavy (non-hydrogen) atoms. The Kier molecular flexibility index (Phi) is 4.40. The van der Waals surface area contributed by atoms with Gasteiger partial charge in [0.15, 0.2) is 0 Å². The number of benzene rings is 1. The molecule has 0 saturated heterocycles. The van der Waals surface area contributed by atoms with Crippen LogP contribution in [0.25, 0.3) is 0 Å². The molecule has 0 fully saturated rings. The third-order valence-electron chi connectivity index (χ3n) is 3.05. The van der Waals surface area contributed by atoms with Gasteiger partial charge in [0.2, 0.25) is 0 Å². The fourth-order valence-electron chi connectivity index (χ4n) is 1.99. The van der Waals surface area contributed by atoms with Gasteiger partial charge >= 0.3 is 0 Å². The molecule has 0 unspecified atom stereocenters. The average molecular weight is 273 g/mol. The second-order valence-electron chi connectivity index (χ2n) is 4.52. The molecule has 5 nitrogen and oxygen atoms in total. The zero-order valence-corrected chi connectivity index (χ0v) is 12.0. The van der Waals surface area contributed by atoms with E-state index >= 15 is 0 Å². The van der Waals surface area contributed by atoms with Crippen LogP contribution in [0.1, 0.15) is 28.7 Å².